The molecular weight excluding hydrogens is 294 g/mol. The van der Waals surface area contributed by atoms with Crippen molar-refractivity contribution in [2.45, 2.75) is 10.9 Å². The zero-order valence-corrected chi connectivity index (χ0v) is 10.8. The Labute approximate surface area is 103 Å². The van der Waals surface area contributed by atoms with E-state index in [0.717, 1.165) is 4.47 Å². The molecule has 0 aliphatic carbocycles. The molecule has 0 aliphatic rings. The molecule has 0 bridgehead atoms. The van der Waals surface area contributed by atoms with Crippen molar-refractivity contribution in [1.82, 2.24) is 4.72 Å². The Hall–Kier alpha value is -0.690. The van der Waals surface area contributed by atoms with Gasteiger partial charge in [0, 0.05) is 4.47 Å². The van der Waals surface area contributed by atoms with Gasteiger partial charge in [-0.2, -0.15) is 0 Å². The average molecular weight is 306 g/mol. The molecule has 0 saturated carbocycles. The lowest BCUT2D eigenvalue weighted by atomic mass is 10.3. The molecule has 2 N–H and O–H groups in total. The van der Waals surface area contributed by atoms with Gasteiger partial charge in [-0.15, -0.1) is 6.58 Å². The lowest BCUT2D eigenvalue weighted by molar-refractivity contribution is 0.276. The van der Waals surface area contributed by atoms with Gasteiger partial charge in [0.1, 0.15) is 0 Å². The fraction of sp³-hybridized carbons (Fsp3) is 0.200. The summed E-state index contributed by atoms with van der Waals surface area (Å²) in [4.78, 5) is 0.149. The summed E-state index contributed by atoms with van der Waals surface area (Å²) in [5.41, 5.74) is 0. The Kier molecular flexibility index (Phi) is 4.67. The summed E-state index contributed by atoms with van der Waals surface area (Å²) in [6.07, 6.45) is 1.34. The van der Waals surface area contributed by atoms with Gasteiger partial charge in [0.2, 0.25) is 10.0 Å². The summed E-state index contributed by atoms with van der Waals surface area (Å²) < 4.78 is 26.7. The minimum absolute atomic E-state index is 0.149. The normalized spacial score (nSPS) is 13.4. The minimum Gasteiger partial charge on any atom is -0.394 e. The highest BCUT2D eigenvalue weighted by molar-refractivity contribution is 9.10. The van der Waals surface area contributed by atoms with Crippen molar-refractivity contribution in [2.75, 3.05) is 6.61 Å². The van der Waals surface area contributed by atoms with Gasteiger partial charge in [-0.1, -0.05) is 22.0 Å². The van der Waals surface area contributed by atoms with E-state index in [4.69, 9.17) is 5.11 Å². The number of benzene rings is 1. The number of sulfonamides is 1. The van der Waals surface area contributed by atoms with Crippen LogP contribution in [0.25, 0.3) is 0 Å². The number of nitrogens with one attached hydrogen (secondary N) is 1. The summed E-state index contributed by atoms with van der Waals surface area (Å²) in [7, 11) is -3.60. The minimum atomic E-state index is -3.60. The van der Waals surface area contributed by atoms with Crippen LogP contribution >= 0.6 is 15.9 Å². The maximum atomic E-state index is 11.8. The molecule has 0 aliphatic heterocycles. The van der Waals surface area contributed by atoms with Crippen LogP contribution < -0.4 is 4.72 Å². The topological polar surface area (TPSA) is 66.4 Å². The predicted molar refractivity (Wildman–Crippen MR) is 65.5 cm³/mol. The lowest BCUT2D eigenvalue weighted by Gasteiger charge is -2.12. The molecule has 0 amide bonds. The molecule has 0 spiro atoms. The van der Waals surface area contributed by atoms with E-state index in [2.05, 4.69) is 27.2 Å². The van der Waals surface area contributed by atoms with Crippen molar-refractivity contribution in [3.63, 3.8) is 0 Å². The van der Waals surface area contributed by atoms with E-state index >= 15 is 0 Å². The molecule has 0 aromatic heterocycles. The quantitative estimate of drug-likeness (QED) is 0.805. The van der Waals surface area contributed by atoms with Crippen LogP contribution in [0.4, 0.5) is 0 Å². The number of hydrogen-bond acceptors (Lipinski definition) is 3. The first kappa shape index (κ1) is 13.4. The molecule has 1 atom stereocenters. The first-order valence-corrected chi connectivity index (χ1v) is 6.78. The van der Waals surface area contributed by atoms with E-state index < -0.39 is 16.1 Å². The van der Waals surface area contributed by atoms with Gasteiger partial charge in [0.05, 0.1) is 17.5 Å². The molecular formula is C10H12BrNO3S. The fourth-order valence-corrected chi connectivity index (χ4v) is 2.51. The molecule has 1 aromatic carbocycles. The Bertz CT molecular complexity index is 455. The van der Waals surface area contributed by atoms with E-state index in [1.54, 1.807) is 12.1 Å². The van der Waals surface area contributed by atoms with Gasteiger partial charge in [-0.3, -0.25) is 0 Å². The van der Waals surface area contributed by atoms with Crippen LogP contribution in [0.3, 0.4) is 0 Å². The number of halogens is 1. The second-order valence-corrected chi connectivity index (χ2v) is 5.73. The largest absolute Gasteiger partial charge is 0.394 e. The molecule has 1 aromatic rings. The molecule has 0 saturated heterocycles. The van der Waals surface area contributed by atoms with Crippen LogP contribution in [0.5, 0.6) is 0 Å². The second-order valence-electron chi connectivity index (χ2n) is 3.10. The van der Waals surface area contributed by atoms with Crippen molar-refractivity contribution in [2.24, 2.45) is 0 Å². The van der Waals surface area contributed by atoms with Crippen molar-refractivity contribution in [1.29, 1.82) is 0 Å². The molecule has 4 nitrogen and oxygen atoms in total. The Morgan fingerprint density at radius 3 is 2.44 bits per heavy atom. The number of aliphatic hydroxyl groups excluding tert-OH is 1. The van der Waals surface area contributed by atoms with Crippen molar-refractivity contribution < 1.29 is 13.5 Å². The molecule has 0 fully saturated rings. The summed E-state index contributed by atoms with van der Waals surface area (Å²) >= 11 is 3.22. The monoisotopic (exact) mass is 305 g/mol. The van der Waals surface area contributed by atoms with Gasteiger partial charge in [-0.05, 0) is 24.3 Å². The molecule has 16 heavy (non-hydrogen) atoms. The van der Waals surface area contributed by atoms with Crippen molar-refractivity contribution in [3.05, 3.63) is 41.4 Å². The van der Waals surface area contributed by atoms with Crippen LogP contribution in [0.1, 0.15) is 0 Å². The zero-order valence-electron chi connectivity index (χ0n) is 8.43. The molecule has 1 unspecified atom stereocenters. The maximum Gasteiger partial charge on any atom is 0.241 e. The first-order valence-electron chi connectivity index (χ1n) is 4.51. The van der Waals surface area contributed by atoms with E-state index in [0.29, 0.717) is 0 Å². The average Bonchev–Trinajstić information content (AvgIpc) is 2.26. The highest BCUT2D eigenvalue weighted by atomic mass is 79.9. The van der Waals surface area contributed by atoms with E-state index in [1.807, 2.05) is 0 Å². The second kappa shape index (κ2) is 5.58. The third-order valence-corrected chi connectivity index (χ3v) is 3.95. The van der Waals surface area contributed by atoms with Crippen molar-refractivity contribution >= 4 is 26.0 Å². The molecule has 0 heterocycles. The van der Waals surface area contributed by atoms with E-state index in [1.165, 1.54) is 18.2 Å². The van der Waals surface area contributed by atoms with Crippen LogP contribution in [-0.2, 0) is 10.0 Å². The fourth-order valence-electron chi connectivity index (χ4n) is 1.04. The number of aliphatic hydroxyl groups is 1. The van der Waals surface area contributed by atoms with Gasteiger partial charge in [-0.25, -0.2) is 13.1 Å². The summed E-state index contributed by atoms with van der Waals surface area (Å²) in [6, 6.07) is 5.55. The van der Waals surface area contributed by atoms with Gasteiger partial charge >= 0.3 is 0 Å². The number of hydrogen-bond donors (Lipinski definition) is 2. The SMILES string of the molecule is C=CC(CO)NS(=O)(=O)c1ccc(Br)cc1. The predicted octanol–water partition coefficient (Wildman–Crippen LogP) is 1.27. The van der Waals surface area contributed by atoms with Gasteiger partial charge in [0.15, 0.2) is 0 Å². The Morgan fingerprint density at radius 2 is 2.00 bits per heavy atom. The third-order valence-electron chi connectivity index (χ3n) is 1.91. The highest BCUT2D eigenvalue weighted by Gasteiger charge is 2.17. The Balaban J connectivity index is 2.94. The van der Waals surface area contributed by atoms with Gasteiger partial charge < -0.3 is 5.11 Å². The van der Waals surface area contributed by atoms with Crippen LogP contribution in [0.2, 0.25) is 0 Å². The van der Waals surface area contributed by atoms with Crippen molar-refractivity contribution in [3.8, 4) is 0 Å². The molecule has 1 rings (SSSR count). The highest BCUT2D eigenvalue weighted by Crippen LogP contribution is 2.14. The lowest BCUT2D eigenvalue weighted by Crippen LogP contribution is -2.35. The standard InChI is InChI=1S/C10H12BrNO3S/c1-2-9(7-13)12-16(14,15)10-5-3-8(11)4-6-10/h2-6,9,12-13H,1,7H2. The summed E-state index contributed by atoms with van der Waals surface area (Å²) in [6.45, 7) is 3.11. The smallest absolute Gasteiger partial charge is 0.241 e. The van der Waals surface area contributed by atoms with Crippen LogP contribution in [0.15, 0.2) is 46.3 Å². The molecule has 0 radical (unpaired) electrons. The van der Waals surface area contributed by atoms with E-state index in [9.17, 15) is 8.42 Å². The first-order chi connectivity index (χ1) is 7.49. The molecule has 6 heteroatoms. The van der Waals surface area contributed by atoms with Gasteiger partial charge in [0.25, 0.3) is 0 Å². The van der Waals surface area contributed by atoms with Crippen LogP contribution in [0, 0.1) is 0 Å². The summed E-state index contributed by atoms with van der Waals surface area (Å²) in [5.74, 6) is 0. The zero-order chi connectivity index (χ0) is 12.2. The third kappa shape index (κ3) is 3.41. The Morgan fingerprint density at radius 1 is 1.44 bits per heavy atom. The molecule has 88 valence electrons. The summed E-state index contributed by atoms with van der Waals surface area (Å²) in [5, 5.41) is 8.87. The maximum absolute atomic E-state index is 11.8. The van der Waals surface area contributed by atoms with Crippen LogP contribution in [-0.4, -0.2) is 26.2 Å². The van der Waals surface area contributed by atoms with E-state index in [-0.39, 0.29) is 11.5 Å². The number of rotatable bonds is 5.